The molecule has 2 N–H and O–H groups in total. The molecule has 2 amide bonds. The first-order chi connectivity index (χ1) is 12.9. The third kappa shape index (κ3) is 5.13. The average molecular weight is 377 g/mol. The summed E-state index contributed by atoms with van der Waals surface area (Å²) < 4.78 is 0. The van der Waals surface area contributed by atoms with Crippen molar-refractivity contribution in [2.24, 2.45) is 0 Å². The van der Waals surface area contributed by atoms with Gasteiger partial charge in [-0.3, -0.25) is 0 Å². The van der Waals surface area contributed by atoms with Gasteiger partial charge in [-0.2, -0.15) is 0 Å². The summed E-state index contributed by atoms with van der Waals surface area (Å²) in [6.07, 6.45) is 0. The van der Waals surface area contributed by atoms with Gasteiger partial charge in [0.05, 0.1) is 11.1 Å². The molecule has 0 aromatic heterocycles. The van der Waals surface area contributed by atoms with Crippen molar-refractivity contribution in [3.8, 4) is 0 Å². The monoisotopic (exact) mass is 376 g/mol. The van der Waals surface area contributed by atoms with Crippen LogP contribution in [0.3, 0.4) is 0 Å². The van der Waals surface area contributed by atoms with E-state index >= 15 is 0 Å². The molecule has 2 aromatic carbocycles. The molecule has 0 bridgehead atoms. The molecule has 0 fully saturated rings. The molecule has 28 heavy (non-hydrogen) atoms. The van der Waals surface area contributed by atoms with Crippen LogP contribution in [-0.2, 0) is 11.1 Å². The summed E-state index contributed by atoms with van der Waals surface area (Å²) in [6.45, 7) is 20.0. The number of allylic oxidation sites excluding steroid dienone is 2. The number of amides is 2. The van der Waals surface area contributed by atoms with Gasteiger partial charge in [0, 0.05) is 0 Å². The van der Waals surface area contributed by atoms with Crippen LogP contribution in [0.4, 0.5) is 4.79 Å². The first kappa shape index (κ1) is 21.5. The zero-order chi connectivity index (χ0) is 21.1. The Kier molecular flexibility index (Phi) is 6.18. The third-order valence-corrected chi connectivity index (χ3v) is 5.01. The van der Waals surface area contributed by atoms with Crippen molar-refractivity contribution in [1.82, 2.24) is 10.6 Å². The Balaban J connectivity index is 2.17. The zero-order valence-corrected chi connectivity index (χ0v) is 17.9. The highest BCUT2D eigenvalue weighted by Crippen LogP contribution is 2.26. The van der Waals surface area contributed by atoms with Gasteiger partial charge in [0.15, 0.2) is 0 Å². The Labute approximate surface area is 169 Å². The van der Waals surface area contributed by atoms with Crippen LogP contribution in [0.25, 0.3) is 11.1 Å². The molecule has 2 aromatic rings. The van der Waals surface area contributed by atoms with E-state index in [0.717, 1.165) is 33.4 Å². The van der Waals surface area contributed by atoms with Crippen LogP contribution in [-0.4, -0.2) is 6.03 Å². The molecular weight excluding hydrogens is 344 g/mol. The highest BCUT2D eigenvalue weighted by Gasteiger charge is 2.28. The van der Waals surface area contributed by atoms with Crippen molar-refractivity contribution in [3.63, 3.8) is 0 Å². The largest absolute Gasteiger partial charge is 0.329 e. The second kappa shape index (κ2) is 8.05. The molecule has 0 atom stereocenters. The molecule has 2 rings (SSSR count). The van der Waals surface area contributed by atoms with E-state index < -0.39 is 11.1 Å². The second-order valence-electron chi connectivity index (χ2n) is 8.55. The number of hydrogen-bond acceptors (Lipinski definition) is 1. The van der Waals surface area contributed by atoms with Gasteiger partial charge < -0.3 is 10.6 Å². The van der Waals surface area contributed by atoms with Crippen molar-refractivity contribution in [3.05, 3.63) is 83.9 Å². The molecule has 0 radical (unpaired) electrons. The van der Waals surface area contributed by atoms with Crippen molar-refractivity contribution >= 4 is 17.2 Å². The van der Waals surface area contributed by atoms with E-state index in [1.165, 1.54) is 0 Å². The highest BCUT2D eigenvalue weighted by atomic mass is 16.2. The summed E-state index contributed by atoms with van der Waals surface area (Å²) in [5, 5.41) is 6.21. The molecule has 0 aliphatic carbocycles. The average Bonchev–Trinajstić information content (AvgIpc) is 2.61. The minimum Gasteiger partial charge on any atom is -0.329 e. The summed E-state index contributed by atoms with van der Waals surface area (Å²) >= 11 is 0. The number of nitrogens with one attached hydrogen (secondary N) is 2. The molecule has 0 aliphatic heterocycles. The number of urea groups is 1. The van der Waals surface area contributed by atoms with Gasteiger partial charge in [-0.25, -0.2) is 4.79 Å². The lowest BCUT2D eigenvalue weighted by atomic mass is 9.90. The highest BCUT2D eigenvalue weighted by molar-refractivity contribution is 5.76. The van der Waals surface area contributed by atoms with Gasteiger partial charge in [0.1, 0.15) is 0 Å². The van der Waals surface area contributed by atoms with Crippen LogP contribution in [0.2, 0.25) is 0 Å². The van der Waals surface area contributed by atoms with E-state index in [1.807, 2.05) is 77.9 Å². The van der Waals surface area contributed by atoms with Gasteiger partial charge >= 0.3 is 6.03 Å². The van der Waals surface area contributed by atoms with Crippen molar-refractivity contribution in [1.29, 1.82) is 0 Å². The quantitative estimate of drug-likeness (QED) is 0.617. The maximum Gasteiger partial charge on any atom is 0.316 e. The molecule has 0 spiro atoms. The van der Waals surface area contributed by atoms with E-state index in [4.69, 9.17) is 0 Å². The summed E-state index contributed by atoms with van der Waals surface area (Å²) in [7, 11) is 0. The number of benzene rings is 2. The summed E-state index contributed by atoms with van der Waals surface area (Å²) in [6, 6.07) is 16.0. The number of hydrogen-bond donors (Lipinski definition) is 2. The Morgan fingerprint density at radius 3 is 1.43 bits per heavy atom. The molecular formula is C25H32N2O. The lowest BCUT2D eigenvalue weighted by Crippen LogP contribution is -2.52. The molecule has 0 saturated carbocycles. The van der Waals surface area contributed by atoms with E-state index in [2.05, 4.69) is 35.9 Å². The predicted octanol–water partition coefficient (Wildman–Crippen LogP) is 6.22. The first-order valence-electron chi connectivity index (χ1n) is 9.55. The van der Waals surface area contributed by atoms with E-state index in [-0.39, 0.29) is 6.03 Å². The summed E-state index contributed by atoms with van der Waals surface area (Å²) in [5.74, 6) is 0. The fourth-order valence-corrected chi connectivity index (χ4v) is 3.09. The molecule has 3 nitrogen and oxygen atoms in total. The Morgan fingerprint density at radius 2 is 1.11 bits per heavy atom. The third-order valence-electron chi connectivity index (χ3n) is 5.01. The van der Waals surface area contributed by atoms with E-state index in [1.54, 1.807) is 0 Å². The van der Waals surface area contributed by atoms with Crippen molar-refractivity contribution in [2.75, 3.05) is 0 Å². The molecule has 148 valence electrons. The minimum absolute atomic E-state index is 0.212. The van der Waals surface area contributed by atoms with E-state index in [9.17, 15) is 4.79 Å². The zero-order valence-electron chi connectivity index (χ0n) is 17.9. The van der Waals surface area contributed by atoms with Crippen molar-refractivity contribution in [2.45, 2.75) is 52.6 Å². The number of carbonyl (C=O) groups is 1. The Bertz CT molecular complexity index is 833. The van der Waals surface area contributed by atoms with Crippen molar-refractivity contribution < 1.29 is 4.79 Å². The van der Waals surface area contributed by atoms with Gasteiger partial charge in [-0.1, -0.05) is 60.7 Å². The van der Waals surface area contributed by atoms with Crippen LogP contribution < -0.4 is 10.6 Å². The lowest BCUT2D eigenvalue weighted by Gasteiger charge is -2.32. The lowest BCUT2D eigenvalue weighted by molar-refractivity contribution is 0.219. The van der Waals surface area contributed by atoms with Gasteiger partial charge in [0.2, 0.25) is 0 Å². The van der Waals surface area contributed by atoms with Gasteiger partial charge in [0.25, 0.3) is 0 Å². The van der Waals surface area contributed by atoms with Crippen LogP contribution in [0.15, 0.2) is 61.7 Å². The van der Waals surface area contributed by atoms with Crippen LogP contribution in [0.1, 0.15) is 63.8 Å². The Morgan fingerprint density at radius 1 is 0.750 bits per heavy atom. The first-order valence-corrected chi connectivity index (χ1v) is 9.55. The topological polar surface area (TPSA) is 41.1 Å². The summed E-state index contributed by atoms with van der Waals surface area (Å²) in [4.78, 5) is 12.8. The number of carbonyl (C=O) groups excluding carboxylic acids is 1. The predicted molar refractivity (Wildman–Crippen MR) is 120 cm³/mol. The van der Waals surface area contributed by atoms with Gasteiger partial charge in [-0.05, 0) is 75.9 Å². The maximum absolute atomic E-state index is 12.8. The molecule has 0 saturated heterocycles. The second-order valence-corrected chi connectivity index (χ2v) is 8.55. The van der Waals surface area contributed by atoms with Gasteiger partial charge in [-0.15, -0.1) is 0 Å². The standard InChI is InChI=1S/C25H32N2O/c1-17(2)19-11-9-13-21(15-19)24(5,6)26-23(28)27-25(7,8)22-14-10-12-20(16-22)18(3)4/h9-16H,1,3H2,2,4-8H3,(H2,26,27,28). The molecule has 0 heterocycles. The summed E-state index contributed by atoms with van der Waals surface area (Å²) in [5.41, 5.74) is 5.17. The van der Waals surface area contributed by atoms with E-state index in [0.29, 0.717) is 0 Å². The minimum atomic E-state index is -0.523. The maximum atomic E-state index is 12.8. The fourth-order valence-electron chi connectivity index (χ4n) is 3.09. The van der Waals surface area contributed by atoms with Crippen LogP contribution in [0.5, 0.6) is 0 Å². The number of rotatable bonds is 6. The molecule has 0 unspecified atom stereocenters. The van der Waals surface area contributed by atoms with Crippen LogP contribution >= 0.6 is 0 Å². The smallest absolute Gasteiger partial charge is 0.316 e. The normalized spacial score (nSPS) is 11.6. The van der Waals surface area contributed by atoms with Crippen LogP contribution in [0, 0.1) is 0 Å². The fraction of sp³-hybridized carbons (Fsp3) is 0.320. The molecule has 3 heteroatoms. The Hall–Kier alpha value is -2.81. The SMILES string of the molecule is C=C(C)c1cccc(C(C)(C)NC(=O)NC(C)(C)c2cccc(C(=C)C)c2)c1. The molecule has 0 aliphatic rings.